The van der Waals surface area contributed by atoms with Crippen molar-refractivity contribution in [2.24, 2.45) is 5.73 Å². The lowest BCUT2D eigenvalue weighted by Gasteiger charge is -2.16. The van der Waals surface area contributed by atoms with Crippen LogP contribution in [0.25, 0.3) is 0 Å². The first-order chi connectivity index (χ1) is 5.07. The van der Waals surface area contributed by atoms with E-state index < -0.39 is 0 Å². The third-order valence-corrected chi connectivity index (χ3v) is 3.32. The van der Waals surface area contributed by atoms with Crippen molar-refractivity contribution in [1.82, 2.24) is 0 Å². The number of aliphatic hydroxyl groups excluding tert-OH is 1. The molecule has 0 aromatic heterocycles. The van der Waals surface area contributed by atoms with Gasteiger partial charge in [-0.05, 0) is 13.3 Å². The van der Waals surface area contributed by atoms with E-state index >= 15 is 0 Å². The van der Waals surface area contributed by atoms with E-state index in [1.165, 1.54) is 0 Å². The molecule has 3 atom stereocenters. The fourth-order valence-corrected chi connectivity index (χ4v) is 1.60. The van der Waals surface area contributed by atoms with Gasteiger partial charge in [0.2, 0.25) is 0 Å². The SMILES string of the molecule is CCC(N)CSC(C)C(C)O. The van der Waals surface area contributed by atoms with Gasteiger partial charge in [0.05, 0.1) is 6.10 Å². The minimum absolute atomic E-state index is 0.232. The normalized spacial score (nSPS) is 19.4. The molecule has 0 fully saturated rings. The van der Waals surface area contributed by atoms with Crippen LogP contribution in [0.4, 0.5) is 0 Å². The van der Waals surface area contributed by atoms with Gasteiger partial charge in [-0.25, -0.2) is 0 Å². The Bertz CT molecular complexity index is 98.1. The predicted molar refractivity (Wildman–Crippen MR) is 51.9 cm³/mol. The molecule has 3 heteroatoms. The molecular formula is C8H19NOS. The van der Waals surface area contributed by atoms with Crippen LogP contribution in [-0.2, 0) is 0 Å². The Morgan fingerprint density at radius 2 is 2.00 bits per heavy atom. The minimum atomic E-state index is -0.232. The van der Waals surface area contributed by atoms with Crippen LogP contribution in [0.5, 0.6) is 0 Å². The fourth-order valence-electron chi connectivity index (χ4n) is 0.532. The van der Waals surface area contributed by atoms with E-state index in [4.69, 9.17) is 10.8 Å². The van der Waals surface area contributed by atoms with Crippen LogP contribution >= 0.6 is 11.8 Å². The summed E-state index contributed by atoms with van der Waals surface area (Å²) >= 11 is 1.74. The molecule has 0 heterocycles. The summed E-state index contributed by atoms with van der Waals surface area (Å²) in [7, 11) is 0. The topological polar surface area (TPSA) is 46.2 Å². The van der Waals surface area contributed by atoms with Crippen LogP contribution in [-0.4, -0.2) is 28.3 Å². The van der Waals surface area contributed by atoms with Crippen LogP contribution < -0.4 is 5.73 Å². The van der Waals surface area contributed by atoms with Crippen LogP contribution in [0.1, 0.15) is 27.2 Å². The monoisotopic (exact) mass is 177 g/mol. The third-order valence-electron chi connectivity index (χ3n) is 1.78. The van der Waals surface area contributed by atoms with E-state index in [1.807, 2.05) is 13.8 Å². The van der Waals surface area contributed by atoms with Gasteiger partial charge in [-0.2, -0.15) is 11.8 Å². The number of hydrogen-bond donors (Lipinski definition) is 2. The standard InChI is InChI=1S/C8H19NOS/c1-4-8(9)5-11-7(3)6(2)10/h6-8,10H,4-5,9H2,1-3H3. The summed E-state index contributed by atoms with van der Waals surface area (Å²) in [6.07, 6.45) is 0.781. The van der Waals surface area contributed by atoms with Crippen LogP contribution in [0, 0.1) is 0 Å². The van der Waals surface area contributed by atoms with Gasteiger partial charge in [0.15, 0.2) is 0 Å². The molecule has 0 saturated heterocycles. The molecule has 0 radical (unpaired) electrons. The smallest absolute Gasteiger partial charge is 0.0628 e. The highest BCUT2D eigenvalue weighted by Crippen LogP contribution is 2.15. The van der Waals surface area contributed by atoms with E-state index in [0.717, 1.165) is 12.2 Å². The van der Waals surface area contributed by atoms with Crippen molar-refractivity contribution in [3.63, 3.8) is 0 Å². The number of thioether (sulfide) groups is 1. The van der Waals surface area contributed by atoms with Gasteiger partial charge in [0.25, 0.3) is 0 Å². The van der Waals surface area contributed by atoms with Gasteiger partial charge in [-0.3, -0.25) is 0 Å². The zero-order valence-electron chi connectivity index (χ0n) is 7.58. The molecule has 3 N–H and O–H groups in total. The lowest BCUT2D eigenvalue weighted by Crippen LogP contribution is -2.25. The number of hydrogen-bond acceptors (Lipinski definition) is 3. The van der Waals surface area contributed by atoms with Gasteiger partial charge in [0.1, 0.15) is 0 Å². The second-order valence-electron chi connectivity index (χ2n) is 2.95. The van der Waals surface area contributed by atoms with Gasteiger partial charge < -0.3 is 10.8 Å². The molecule has 0 aromatic rings. The lowest BCUT2D eigenvalue weighted by molar-refractivity contribution is 0.196. The predicted octanol–water partition coefficient (Wildman–Crippen LogP) is 1.23. The van der Waals surface area contributed by atoms with Crippen LogP contribution in [0.15, 0.2) is 0 Å². The second-order valence-corrected chi connectivity index (χ2v) is 4.36. The van der Waals surface area contributed by atoms with Crippen molar-refractivity contribution in [3.05, 3.63) is 0 Å². The van der Waals surface area contributed by atoms with Gasteiger partial charge in [-0.15, -0.1) is 0 Å². The summed E-state index contributed by atoms with van der Waals surface area (Å²) < 4.78 is 0. The lowest BCUT2D eigenvalue weighted by atomic mass is 10.3. The first-order valence-corrected chi connectivity index (χ1v) is 5.18. The maximum absolute atomic E-state index is 9.14. The Kier molecular flexibility index (Phi) is 6.01. The summed E-state index contributed by atoms with van der Waals surface area (Å²) in [6.45, 7) is 5.92. The molecule has 0 aliphatic carbocycles. The van der Waals surface area contributed by atoms with E-state index in [9.17, 15) is 0 Å². The van der Waals surface area contributed by atoms with Crippen LogP contribution in [0.3, 0.4) is 0 Å². The molecule has 0 bridgehead atoms. The Hall–Kier alpha value is 0.270. The molecule has 2 nitrogen and oxygen atoms in total. The summed E-state index contributed by atoms with van der Waals surface area (Å²) in [4.78, 5) is 0. The van der Waals surface area contributed by atoms with Gasteiger partial charge in [0, 0.05) is 17.0 Å². The van der Waals surface area contributed by atoms with Crippen molar-refractivity contribution in [3.8, 4) is 0 Å². The number of rotatable bonds is 5. The van der Waals surface area contributed by atoms with Crippen molar-refractivity contribution in [1.29, 1.82) is 0 Å². The Morgan fingerprint density at radius 1 is 1.45 bits per heavy atom. The summed E-state index contributed by atoms with van der Waals surface area (Å²) in [6, 6.07) is 0.279. The van der Waals surface area contributed by atoms with E-state index in [1.54, 1.807) is 11.8 Å². The van der Waals surface area contributed by atoms with Gasteiger partial charge >= 0.3 is 0 Å². The highest BCUT2D eigenvalue weighted by atomic mass is 32.2. The van der Waals surface area contributed by atoms with Gasteiger partial charge in [-0.1, -0.05) is 13.8 Å². The highest BCUT2D eigenvalue weighted by Gasteiger charge is 2.10. The number of aliphatic hydroxyl groups is 1. The molecule has 3 unspecified atom stereocenters. The third kappa shape index (κ3) is 5.53. The maximum Gasteiger partial charge on any atom is 0.0628 e. The molecule has 0 aliphatic rings. The summed E-state index contributed by atoms with van der Waals surface area (Å²) in [5, 5.41) is 9.44. The van der Waals surface area contributed by atoms with Crippen molar-refractivity contribution < 1.29 is 5.11 Å². The molecule has 0 saturated carbocycles. The molecular weight excluding hydrogens is 158 g/mol. The molecule has 11 heavy (non-hydrogen) atoms. The average Bonchev–Trinajstić information content (AvgIpc) is 1.99. The molecule has 0 aliphatic heterocycles. The molecule has 68 valence electrons. The molecule has 0 amide bonds. The van der Waals surface area contributed by atoms with Crippen molar-refractivity contribution in [2.45, 2.75) is 44.6 Å². The largest absolute Gasteiger partial charge is 0.392 e. The Labute approximate surface area is 73.6 Å². The van der Waals surface area contributed by atoms with E-state index in [-0.39, 0.29) is 12.1 Å². The summed E-state index contributed by atoms with van der Waals surface area (Å²) in [5.74, 6) is 0.947. The molecule has 0 aromatic carbocycles. The average molecular weight is 177 g/mol. The highest BCUT2D eigenvalue weighted by molar-refractivity contribution is 7.99. The quantitative estimate of drug-likeness (QED) is 0.664. The van der Waals surface area contributed by atoms with E-state index in [0.29, 0.717) is 5.25 Å². The van der Waals surface area contributed by atoms with Crippen molar-refractivity contribution in [2.75, 3.05) is 5.75 Å². The number of nitrogens with two attached hydrogens (primary N) is 1. The van der Waals surface area contributed by atoms with E-state index in [2.05, 4.69) is 6.92 Å². The maximum atomic E-state index is 9.14. The zero-order chi connectivity index (χ0) is 8.85. The van der Waals surface area contributed by atoms with Crippen molar-refractivity contribution >= 4 is 11.8 Å². The van der Waals surface area contributed by atoms with Crippen LogP contribution in [0.2, 0.25) is 0 Å². The first-order valence-electron chi connectivity index (χ1n) is 4.13. The summed E-state index contributed by atoms with van der Waals surface area (Å²) in [5.41, 5.74) is 5.72. The molecule has 0 rings (SSSR count). The second kappa shape index (κ2) is 5.86. The Balaban J connectivity index is 3.37. The Morgan fingerprint density at radius 3 is 2.36 bits per heavy atom. The fraction of sp³-hybridized carbons (Fsp3) is 1.00. The molecule has 0 spiro atoms. The first kappa shape index (κ1) is 11.3. The minimum Gasteiger partial charge on any atom is -0.392 e. The zero-order valence-corrected chi connectivity index (χ0v) is 8.40.